The molecule has 0 saturated heterocycles. The summed E-state index contributed by atoms with van der Waals surface area (Å²) in [6, 6.07) is 41.7. The van der Waals surface area contributed by atoms with Crippen molar-refractivity contribution in [3.63, 3.8) is 0 Å². The molecule has 0 saturated carbocycles. The molecule has 0 atom stereocenters. The number of hydrogen-bond donors (Lipinski definition) is 0. The molecule has 0 radical (unpaired) electrons. The summed E-state index contributed by atoms with van der Waals surface area (Å²) in [6.45, 7) is 0. The van der Waals surface area contributed by atoms with Crippen molar-refractivity contribution in [3.8, 4) is 22.2 Å². The molecule has 0 N–H and O–H groups in total. The maximum atomic E-state index is 6.72. The Hall–Kier alpha value is -4.46. The first kappa shape index (κ1) is 21.8. The van der Waals surface area contributed by atoms with Crippen LogP contribution in [0.4, 0.5) is 0 Å². The maximum absolute atomic E-state index is 6.72. The van der Waals surface area contributed by atoms with Gasteiger partial charge in [-0.25, -0.2) is 0 Å². The van der Waals surface area contributed by atoms with E-state index in [1.807, 2.05) is 36.4 Å². The largest absolute Gasteiger partial charge is 0.496 e. The lowest BCUT2D eigenvalue weighted by Crippen LogP contribution is -1.92. The van der Waals surface area contributed by atoms with Crippen LogP contribution in [0.2, 0.25) is 0 Å². The number of para-hydroxylation sites is 2. The fourth-order valence-electron chi connectivity index (χ4n) is 5.19. The van der Waals surface area contributed by atoms with Crippen molar-refractivity contribution in [2.24, 2.45) is 0 Å². The zero-order valence-corrected chi connectivity index (χ0v) is 21.1. The molecule has 1 aromatic heterocycles. The topological polar surface area (TPSA) is 35.5 Å². The summed E-state index contributed by atoms with van der Waals surface area (Å²) in [5, 5.41) is 7.65. The summed E-state index contributed by atoms with van der Waals surface area (Å²) < 4.78 is 19.4. The molecule has 0 unspecified atom stereocenters. The van der Waals surface area contributed by atoms with E-state index in [-0.39, 0.29) is 0 Å². The first-order valence-corrected chi connectivity index (χ1v) is 13.4. The van der Waals surface area contributed by atoms with Crippen molar-refractivity contribution in [1.29, 1.82) is 0 Å². The zero-order valence-electron chi connectivity index (χ0n) is 20.2. The van der Waals surface area contributed by atoms with Gasteiger partial charge in [-0.3, -0.25) is 0 Å². The third kappa shape index (κ3) is 3.59. The molecule has 0 fully saturated rings. The molecule has 0 aliphatic carbocycles. The minimum Gasteiger partial charge on any atom is -0.496 e. The van der Waals surface area contributed by atoms with Gasteiger partial charge in [0.2, 0.25) is 0 Å². The predicted octanol–water partition coefficient (Wildman–Crippen LogP) is 10.3. The van der Waals surface area contributed by atoms with Crippen LogP contribution in [0.5, 0.6) is 5.75 Å². The van der Waals surface area contributed by atoms with Crippen LogP contribution in [-0.4, -0.2) is 7.11 Å². The molecule has 7 rings (SSSR count). The van der Waals surface area contributed by atoms with Crippen LogP contribution in [0.25, 0.3) is 59.9 Å². The number of rotatable bonds is 3. The number of hydrogen-bond acceptors (Lipinski definition) is 3. The number of ether oxygens (including phenoxy) is 1. The second-order valence-electron chi connectivity index (χ2n) is 8.98. The van der Waals surface area contributed by atoms with Gasteiger partial charge in [0, 0.05) is 21.9 Å². The molecule has 37 heavy (non-hydrogen) atoms. The fourth-order valence-corrected chi connectivity index (χ4v) is 6.71. The highest BCUT2D eigenvalue weighted by atomic mass is 31.1. The highest BCUT2D eigenvalue weighted by molar-refractivity contribution is 7.46. The predicted molar refractivity (Wildman–Crippen MR) is 155 cm³/mol. The molecule has 7 aromatic rings. The highest BCUT2D eigenvalue weighted by Gasteiger charge is 2.21. The van der Waals surface area contributed by atoms with E-state index in [0.29, 0.717) is 0 Å². The Morgan fingerprint density at radius 2 is 0.973 bits per heavy atom. The lowest BCUT2D eigenvalue weighted by Gasteiger charge is -2.17. The maximum Gasteiger partial charge on any atom is 0.253 e. The molecule has 1 heterocycles. The molecule has 178 valence electrons. The van der Waals surface area contributed by atoms with Crippen LogP contribution in [0.3, 0.4) is 0 Å². The number of benzene rings is 6. The Morgan fingerprint density at radius 1 is 0.486 bits per heavy atom. The van der Waals surface area contributed by atoms with E-state index in [1.165, 1.54) is 0 Å². The molecule has 0 spiro atoms. The summed E-state index contributed by atoms with van der Waals surface area (Å²) in [5.74, 6) is 0.821. The van der Waals surface area contributed by atoms with Gasteiger partial charge in [0.1, 0.15) is 16.9 Å². The Balaban J connectivity index is 1.68. The number of fused-ring (bicyclic) bond motifs is 5. The van der Waals surface area contributed by atoms with Crippen LogP contribution in [-0.2, 0) is 0 Å². The summed E-state index contributed by atoms with van der Waals surface area (Å²) in [4.78, 5) is 0. The minimum absolute atomic E-state index is 0.821. The van der Waals surface area contributed by atoms with E-state index in [0.717, 1.165) is 65.7 Å². The monoisotopic (exact) mass is 498 g/mol. The van der Waals surface area contributed by atoms with Crippen molar-refractivity contribution in [2.75, 3.05) is 7.11 Å². The lowest BCUT2D eigenvalue weighted by atomic mass is 9.93. The third-order valence-corrected chi connectivity index (χ3v) is 8.38. The summed E-state index contributed by atoms with van der Waals surface area (Å²) in [6.07, 6.45) is 0. The molecule has 4 heteroatoms. The fraction of sp³-hybridized carbons (Fsp3) is 0.0303. The first-order chi connectivity index (χ1) is 18.3. The quantitative estimate of drug-likeness (QED) is 0.243. The summed E-state index contributed by atoms with van der Waals surface area (Å²) in [7, 11) is 0.218. The van der Waals surface area contributed by atoms with Gasteiger partial charge in [-0.1, -0.05) is 97.1 Å². The average molecular weight is 499 g/mol. The molecular weight excluding hydrogens is 475 g/mol. The Morgan fingerprint density at radius 3 is 1.57 bits per heavy atom. The van der Waals surface area contributed by atoms with Gasteiger partial charge in [-0.05, 0) is 45.8 Å². The van der Waals surface area contributed by atoms with Gasteiger partial charge >= 0.3 is 0 Å². The molecular formula is C33H23O3P. The van der Waals surface area contributed by atoms with Crippen LogP contribution in [0.15, 0.2) is 130 Å². The Kier molecular flexibility index (Phi) is 5.23. The second kappa shape index (κ2) is 8.89. The highest BCUT2D eigenvalue weighted by Crippen LogP contribution is 2.52. The van der Waals surface area contributed by atoms with Crippen LogP contribution in [0.1, 0.15) is 0 Å². The van der Waals surface area contributed by atoms with Crippen molar-refractivity contribution in [2.45, 2.75) is 0 Å². The second-order valence-corrected chi connectivity index (χ2v) is 10.3. The SMILES string of the molecule is COc1ccc2ccccc2c1-c1c(-p2oc3ccccc3c3ccccc3o2)ccc2ccccc12. The third-order valence-electron chi connectivity index (χ3n) is 6.89. The van der Waals surface area contributed by atoms with E-state index in [1.54, 1.807) is 7.11 Å². The van der Waals surface area contributed by atoms with Gasteiger partial charge in [0.25, 0.3) is 8.01 Å². The van der Waals surface area contributed by atoms with Crippen LogP contribution in [0, 0.1) is 0 Å². The molecule has 6 aromatic carbocycles. The Labute approximate surface area is 215 Å². The first-order valence-electron chi connectivity index (χ1n) is 12.2. The molecule has 3 nitrogen and oxygen atoms in total. The summed E-state index contributed by atoms with van der Waals surface area (Å²) in [5.41, 5.74) is 3.77. The number of methoxy groups -OCH3 is 1. The van der Waals surface area contributed by atoms with Gasteiger partial charge in [-0.2, -0.15) is 0 Å². The molecule has 0 aliphatic heterocycles. The van der Waals surface area contributed by atoms with Gasteiger partial charge < -0.3 is 13.1 Å². The van der Waals surface area contributed by atoms with Crippen molar-refractivity contribution < 1.29 is 13.1 Å². The normalized spacial score (nSPS) is 11.4. The molecule has 0 amide bonds. The van der Waals surface area contributed by atoms with E-state index in [2.05, 4.69) is 84.9 Å². The van der Waals surface area contributed by atoms with Crippen LogP contribution < -0.4 is 4.74 Å². The molecule has 0 aliphatic rings. The van der Waals surface area contributed by atoms with E-state index >= 15 is 0 Å². The van der Waals surface area contributed by atoms with Gasteiger partial charge in [0.05, 0.1) is 12.4 Å². The van der Waals surface area contributed by atoms with Crippen molar-refractivity contribution >= 4 is 51.5 Å². The average Bonchev–Trinajstić information content (AvgIpc) is 3.13. The lowest BCUT2D eigenvalue weighted by molar-refractivity contribution is 0.417. The van der Waals surface area contributed by atoms with E-state index < -0.39 is 8.01 Å². The standard InChI is InChI=1S/C33H23O3P/c1-34-30-20-18-22-10-2-4-12-24(22)32(30)33-25-13-5-3-11-23(25)19-21-31(33)37-35-28-16-8-6-14-26(28)27-15-7-9-17-29(27)36-37/h2-21H,1H3. The molecule has 0 bridgehead atoms. The van der Waals surface area contributed by atoms with E-state index in [4.69, 9.17) is 13.1 Å². The van der Waals surface area contributed by atoms with Crippen LogP contribution >= 0.6 is 8.01 Å². The summed E-state index contributed by atoms with van der Waals surface area (Å²) >= 11 is 0. The minimum atomic E-state index is -1.51. The zero-order chi connectivity index (χ0) is 24.8. The Bertz CT molecular complexity index is 1930. The van der Waals surface area contributed by atoms with E-state index in [9.17, 15) is 0 Å². The van der Waals surface area contributed by atoms with Crippen molar-refractivity contribution in [3.05, 3.63) is 121 Å². The van der Waals surface area contributed by atoms with Gasteiger partial charge in [-0.15, -0.1) is 0 Å². The van der Waals surface area contributed by atoms with Gasteiger partial charge in [0.15, 0.2) is 0 Å². The van der Waals surface area contributed by atoms with Crippen molar-refractivity contribution in [1.82, 2.24) is 0 Å². The smallest absolute Gasteiger partial charge is 0.253 e.